The van der Waals surface area contributed by atoms with Crippen molar-refractivity contribution >= 4 is 11.0 Å². The Morgan fingerprint density at radius 3 is 1.93 bits per heavy atom. The van der Waals surface area contributed by atoms with Gasteiger partial charge in [-0.2, -0.15) is 0 Å². The summed E-state index contributed by atoms with van der Waals surface area (Å²) in [5.74, 6) is -1.24. The zero-order valence-electron chi connectivity index (χ0n) is 21.7. The number of aromatic hydroxyl groups is 2. The molecule has 0 aliphatic carbocycles. The van der Waals surface area contributed by atoms with Crippen LogP contribution in [0.2, 0.25) is 0 Å². The average Bonchev–Trinajstić information content (AvgIpc) is 2.97. The van der Waals surface area contributed by atoms with E-state index in [1.165, 1.54) is 24.3 Å². The maximum absolute atomic E-state index is 13.1. The Kier molecular flexibility index (Phi) is 8.41. The number of rotatable bonds is 6. The Morgan fingerprint density at radius 1 is 0.714 bits per heavy atom. The topological polar surface area (TPSA) is 260 Å². The minimum atomic E-state index is -1.82. The summed E-state index contributed by atoms with van der Waals surface area (Å²) in [6, 6.07) is 7.59. The molecule has 0 bridgehead atoms. The molecule has 0 saturated carbocycles. The Balaban J connectivity index is 1.50. The molecular formula is C27H30O15. The van der Waals surface area contributed by atoms with Crippen LogP contribution in [-0.2, 0) is 9.47 Å². The molecule has 15 heteroatoms. The van der Waals surface area contributed by atoms with Crippen molar-refractivity contribution in [1.29, 1.82) is 0 Å². The number of aliphatic hydroxyl groups excluding tert-OH is 8. The summed E-state index contributed by atoms with van der Waals surface area (Å²) in [7, 11) is 0. The van der Waals surface area contributed by atoms with Crippen LogP contribution in [0.25, 0.3) is 22.3 Å². The van der Waals surface area contributed by atoms with Gasteiger partial charge in [0.05, 0.1) is 18.8 Å². The molecule has 2 fully saturated rings. The molecule has 2 aliphatic rings. The van der Waals surface area contributed by atoms with E-state index in [4.69, 9.17) is 18.6 Å². The highest BCUT2D eigenvalue weighted by atomic mass is 16.7. The third-order valence-electron chi connectivity index (χ3n) is 7.41. The van der Waals surface area contributed by atoms with Crippen LogP contribution in [0.4, 0.5) is 0 Å². The molecule has 1 aromatic heterocycles. The third kappa shape index (κ3) is 5.20. The fourth-order valence-corrected chi connectivity index (χ4v) is 5.08. The maximum Gasteiger partial charge on any atom is 0.229 e. The van der Waals surface area contributed by atoms with E-state index in [-0.39, 0.29) is 33.6 Å². The minimum absolute atomic E-state index is 0.0669. The van der Waals surface area contributed by atoms with Crippen molar-refractivity contribution in [2.24, 2.45) is 0 Å². The molecule has 2 aromatic carbocycles. The van der Waals surface area contributed by atoms with Crippen LogP contribution in [0.15, 0.2) is 45.6 Å². The summed E-state index contributed by atoms with van der Waals surface area (Å²) >= 11 is 0. The van der Waals surface area contributed by atoms with Gasteiger partial charge in [-0.3, -0.25) is 4.79 Å². The predicted molar refractivity (Wildman–Crippen MR) is 138 cm³/mol. The van der Waals surface area contributed by atoms with Gasteiger partial charge in [0, 0.05) is 17.7 Å². The molecule has 2 saturated heterocycles. The van der Waals surface area contributed by atoms with Gasteiger partial charge in [-0.25, -0.2) is 0 Å². The largest absolute Gasteiger partial charge is 0.507 e. The molecule has 228 valence electrons. The number of benzene rings is 2. The molecule has 0 spiro atoms. The Hall–Kier alpha value is -3.35. The molecule has 3 aromatic rings. The monoisotopic (exact) mass is 594 g/mol. The van der Waals surface area contributed by atoms with Crippen molar-refractivity contribution in [2.75, 3.05) is 13.2 Å². The fourth-order valence-electron chi connectivity index (χ4n) is 5.08. The molecule has 5 rings (SSSR count). The van der Waals surface area contributed by atoms with Gasteiger partial charge < -0.3 is 69.7 Å². The summed E-state index contributed by atoms with van der Waals surface area (Å²) < 4.78 is 22.3. The van der Waals surface area contributed by atoms with E-state index in [1.54, 1.807) is 0 Å². The summed E-state index contributed by atoms with van der Waals surface area (Å²) in [5, 5.41) is 101. The van der Waals surface area contributed by atoms with E-state index >= 15 is 0 Å². The molecule has 15 nitrogen and oxygen atoms in total. The summed E-state index contributed by atoms with van der Waals surface area (Å²) in [5.41, 5.74) is -1.16. The molecule has 10 unspecified atom stereocenters. The summed E-state index contributed by atoms with van der Waals surface area (Å²) in [6.45, 7) is -1.38. The summed E-state index contributed by atoms with van der Waals surface area (Å²) in [4.78, 5) is 13.1. The van der Waals surface area contributed by atoms with Crippen LogP contribution in [0, 0.1) is 0 Å². The molecule has 42 heavy (non-hydrogen) atoms. The predicted octanol–water partition coefficient (Wildman–Crippen LogP) is -2.44. The standard InChI is InChI=1S/C27H30O15/c28-7-15-19(33)21(35)23(37)26(41-15)18-12(31)5-11(30)17-13(32)6-14(40-25(17)18)9-1-3-10(4-2-9)39-27-24(38)22(36)20(34)16(8-29)42-27/h1-6,15-16,19-24,26-31,33-38H,7-8H2. The summed E-state index contributed by atoms with van der Waals surface area (Å²) in [6.07, 6.45) is -15.7. The molecule has 10 atom stereocenters. The maximum atomic E-state index is 13.1. The number of phenols is 2. The average molecular weight is 595 g/mol. The lowest BCUT2D eigenvalue weighted by atomic mass is 9.89. The van der Waals surface area contributed by atoms with Gasteiger partial charge in [0.25, 0.3) is 0 Å². The van der Waals surface area contributed by atoms with E-state index in [0.717, 1.165) is 12.1 Å². The number of aliphatic hydroxyl groups is 8. The zero-order chi connectivity index (χ0) is 30.5. The van der Waals surface area contributed by atoms with Gasteiger partial charge in [-0.1, -0.05) is 0 Å². The Bertz CT molecular complexity index is 1470. The second-order valence-corrected chi connectivity index (χ2v) is 10.1. The van der Waals surface area contributed by atoms with Crippen LogP contribution < -0.4 is 10.2 Å². The molecule has 0 radical (unpaired) electrons. The zero-order valence-corrected chi connectivity index (χ0v) is 21.7. The van der Waals surface area contributed by atoms with Crippen molar-refractivity contribution in [3.63, 3.8) is 0 Å². The highest BCUT2D eigenvalue weighted by Crippen LogP contribution is 2.43. The van der Waals surface area contributed by atoms with E-state index in [2.05, 4.69) is 0 Å². The van der Waals surface area contributed by atoms with Crippen molar-refractivity contribution < 1.29 is 69.7 Å². The normalized spacial score (nSPS) is 33.5. The number of phenolic OH excluding ortho intramolecular Hbond substituents is 2. The molecular weight excluding hydrogens is 564 g/mol. The van der Waals surface area contributed by atoms with Crippen molar-refractivity contribution in [2.45, 2.75) is 61.2 Å². The third-order valence-corrected chi connectivity index (χ3v) is 7.41. The van der Waals surface area contributed by atoms with Gasteiger partial charge in [-0.05, 0) is 24.3 Å². The van der Waals surface area contributed by atoms with E-state index in [1.807, 2.05) is 0 Å². The molecule has 2 aliphatic heterocycles. The second kappa shape index (κ2) is 11.7. The SMILES string of the molecule is O=c1cc(-c2ccc(OC3OC(CO)C(O)C(O)C3O)cc2)oc2c(C3OC(CO)C(O)C(O)C3O)c(O)cc(O)c12. The first-order valence-electron chi connectivity index (χ1n) is 12.9. The number of fused-ring (bicyclic) bond motifs is 1. The van der Waals surface area contributed by atoms with Crippen molar-refractivity contribution in [1.82, 2.24) is 0 Å². The van der Waals surface area contributed by atoms with Crippen LogP contribution in [-0.4, -0.2) is 119 Å². The van der Waals surface area contributed by atoms with Gasteiger partial charge in [0.1, 0.15) is 83.3 Å². The molecule has 3 heterocycles. The lowest BCUT2D eigenvalue weighted by molar-refractivity contribution is -0.277. The van der Waals surface area contributed by atoms with Crippen LogP contribution in [0.1, 0.15) is 11.7 Å². The first-order chi connectivity index (χ1) is 20.0. The van der Waals surface area contributed by atoms with Gasteiger partial charge in [0.15, 0.2) is 11.0 Å². The quantitative estimate of drug-likeness (QED) is 0.142. The Labute approximate surface area is 236 Å². The number of hydrogen-bond acceptors (Lipinski definition) is 15. The van der Waals surface area contributed by atoms with E-state index in [9.17, 15) is 55.9 Å². The van der Waals surface area contributed by atoms with Gasteiger partial charge >= 0.3 is 0 Å². The number of hydrogen-bond donors (Lipinski definition) is 10. The van der Waals surface area contributed by atoms with Crippen molar-refractivity contribution in [3.05, 3.63) is 52.2 Å². The lowest BCUT2D eigenvalue weighted by Crippen LogP contribution is -2.60. The molecule has 10 N–H and O–H groups in total. The van der Waals surface area contributed by atoms with Crippen LogP contribution in [0.3, 0.4) is 0 Å². The van der Waals surface area contributed by atoms with Crippen LogP contribution in [0.5, 0.6) is 17.2 Å². The smallest absolute Gasteiger partial charge is 0.229 e. The van der Waals surface area contributed by atoms with Crippen LogP contribution >= 0.6 is 0 Å². The highest BCUT2D eigenvalue weighted by Gasteiger charge is 2.46. The lowest BCUT2D eigenvalue weighted by Gasteiger charge is -2.40. The van der Waals surface area contributed by atoms with E-state index in [0.29, 0.717) is 0 Å². The van der Waals surface area contributed by atoms with Crippen molar-refractivity contribution in [3.8, 4) is 28.6 Å². The first-order valence-corrected chi connectivity index (χ1v) is 12.9. The molecule has 0 amide bonds. The number of ether oxygens (including phenoxy) is 3. The van der Waals surface area contributed by atoms with Gasteiger partial charge in [0.2, 0.25) is 6.29 Å². The highest BCUT2D eigenvalue weighted by molar-refractivity contribution is 5.89. The minimum Gasteiger partial charge on any atom is -0.507 e. The van der Waals surface area contributed by atoms with E-state index < -0.39 is 91.4 Å². The van der Waals surface area contributed by atoms with Gasteiger partial charge in [-0.15, -0.1) is 0 Å². The Morgan fingerprint density at radius 2 is 1.31 bits per heavy atom. The second-order valence-electron chi connectivity index (χ2n) is 10.1. The first kappa shape index (κ1) is 30.1. The fraction of sp³-hybridized carbons (Fsp3) is 0.444.